The summed E-state index contributed by atoms with van der Waals surface area (Å²) in [6, 6.07) is 16.7. The van der Waals surface area contributed by atoms with Crippen LogP contribution in [0, 0.1) is 5.92 Å². The fourth-order valence-corrected chi connectivity index (χ4v) is 2.93. The molecule has 1 saturated heterocycles. The Hall–Kier alpha value is -2.66. The Morgan fingerprint density at radius 1 is 1.17 bits per heavy atom. The number of amides is 2. The van der Waals surface area contributed by atoms with Gasteiger partial charge >= 0.3 is 0 Å². The highest BCUT2D eigenvalue weighted by atomic mass is 35.5. The minimum atomic E-state index is -0.796. The summed E-state index contributed by atoms with van der Waals surface area (Å²) in [5.74, 6) is -1.71. The van der Waals surface area contributed by atoms with Gasteiger partial charge in [0.1, 0.15) is 5.92 Å². The maximum Gasteiger partial charge on any atom is 0.253 e. The first-order valence-electron chi connectivity index (χ1n) is 7.57. The van der Waals surface area contributed by atoms with E-state index in [0.29, 0.717) is 17.1 Å². The van der Waals surface area contributed by atoms with E-state index in [1.54, 1.807) is 12.1 Å². The smallest absolute Gasteiger partial charge is 0.253 e. The third kappa shape index (κ3) is 3.46. The Morgan fingerprint density at radius 2 is 1.88 bits per heavy atom. The maximum absolute atomic E-state index is 12.4. The molecular weight excluding hydrogens is 326 g/mol. The molecule has 1 fully saturated rings. The molecule has 122 valence electrons. The Labute approximate surface area is 144 Å². The zero-order valence-electron chi connectivity index (χ0n) is 12.8. The molecular formula is C18H16ClN3O2. The molecule has 0 aromatic heterocycles. The number of nitrogens with zero attached hydrogens (tertiary/aromatic N) is 1. The molecule has 0 unspecified atom stereocenters. The molecule has 0 bridgehead atoms. The predicted molar refractivity (Wildman–Crippen MR) is 92.9 cm³/mol. The number of halogens is 1. The first kappa shape index (κ1) is 16.2. The lowest BCUT2D eigenvalue weighted by atomic mass is 9.88. The van der Waals surface area contributed by atoms with Gasteiger partial charge in [0.15, 0.2) is 0 Å². The lowest BCUT2D eigenvalue weighted by molar-refractivity contribution is -0.133. The van der Waals surface area contributed by atoms with Crippen molar-refractivity contribution in [3.05, 3.63) is 70.7 Å². The van der Waals surface area contributed by atoms with Gasteiger partial charge in [-0.25, -0.2) is 5.43 Å². The molecule has 2 atom stereocenters. The number of nitrogens with one attached hydrogen (secondary N) is 2. The molecule has 0 aliphatic carbocycles. The van der Waals surface area contributed by atoms with Gasteiger partial charge in [0.05, 0.1) is 6.21 Å². The van der Waals surface area contributed by atoms with E-state index in [4.69, 9.17) is 11.6 Å². The molecule has 5 nitrogen and oxygen atoms in total. The van der Waals surface area contributed by atoms with Crippen LogP contribution in [0.5, 0.6) is 0 Å². The van der Waals surface area contributed by atoms with Crippen molar-refractivity contribution in [2.45, 2.75) is 5.92 Å². The average Bonchev–Trinajstić information content (AvgIpc) is 2.99. The summed E-state index contributed by atoms with van der Waals surface area (Å²) in [6.45, 7) is 0.440. The van der Waals surface area contributed by atoms with Crippen LogP contribution < -0.4 is 10.7 Å². The van der Waals surface area contributed by atoms with Gasteiger partial charge < -0.3 is 5.32 Å². The molecule has 6 heteroatoms. The first-order valence-corrected chi connectivity index (χ1v) is 7.94. The summed E-state index contributed by atoms with van der Waals surface area (Å²) in [7, 11) is 0. The lowest BCUT2D eigenvalue weighted by Gasteiger charge is -2.15. The largest absolute Gasteiger partial charge is 0.355 e. The van der Waals surface area contributed by atoms with Crippen LogP contribution in [0.1, 0.15) is 17.0 Å². The van der Waals surface area contributed by atoms with Gasteiger partial charge in [-0.15, -0.1) is 0 Å². The molecule has 0 spiro atoms. The highest BCUT2D eigenvalue weighted by Crippen LogP contribution is 2.28. The van der Waals surface area contributed by atoms with Crippen LogP contribution >= 0.6 is 11.6 Å². The van der Waals surface area contributed by atoms with Crippen LogP contribution in [0.25, 0.3) is 0 Å². The zero-order chi connectivity index (χ0) is 16.9. The van der Waals surface area contributed by atoms with Crippen LogP contribution in [-0.2, 0) is 9.59 Å². The molecule has 2 N–H and O–H groups in total. The number of hydrogen-bond acceptors (Lipinski definition) is 3. The van der Waals surface area contributed by atoms with E-state index in [-0.39, 0.29) is 11.8 Å². The molecule has 1 heterocycles. The monoisotopic (exact) mass is 341 g/mol. The van der Waals surface area contributed by atoms with Gasteiger partial charge in [-0.2, -0.15) is 5.10 Å². The standard InChI is InChI=1S/C18H16ClN3O2/c19-15-9-5-4-8-13(15)10-21-22-18(24)16-14(11-20-17(16)23)12-6-2-1-3-7-12/h1-10,14,16H,11H2,(H,20,23)(H,22,24)/b21-10-/t14-,16-/m1/s1. The molecule has 0 saturated carbocycles. The highest BCUT2D eigenvalue weighted by molar-refractivity contribution is 6.33. The zero-order valence-corrected chi connectivity index (χ0v) is 13.5. The second-order valence-electron chi connectivity index (χ2n) is 5.50. The molecule has 1 aliphatic heterocycles. The molecule has 24 heavy (non-hydrogen) atoms. The number of hydrazone groups is 1. The van der Waals surface area contributed by atoms with Crippen molar-refractivity contribution in [1.29, 1.82) is 0 Å². The average molecular weight is 342 g/mol. The van der Waals surface area contributed by atoms with Gasteiger partial charge in [0.2, 0.25) is 5.91 Å². The maximum atomic E-state index is 12.4. The topological polar surface area (TPSA) is 70.6 Å². The van der Waals surface area contributed by atoms with Crippen LogP contribution in [0.15, 0.2) is 59.7 Å². The van der Waals surface area contributed by atoms with Crippen molar-refractivity contribution >= 4 is 29.6 Å². The van der Waals surface area contributed by atoms with Gasteiger partial charge in [0, 0.05) is 23.0 Å². The van der Waals surface area contributed by atoms with Gasteiger partial charge in [-0.3, -0.25) is 9.59 Å². The number of benzene rings is 2. The predicted octanol–water partition coefficient (Wildman–Crippen LogP) is 2.32. The summed E-state index contributed by atoms with van der Waals surface area (Å²) in [5, 5.41) is 7.20. The van der Waals surface area contributed by atoms with Crippen LogP contribution in [0.2, 0.25) is 5.02 Å². The minimum Gasteiger partial charge on any atom is -0.355 e. The van der Waals surface area contributed by atoms with Crippen molar-refractivity contribution in [1.82, 2.24) is 10.7 Å². The Morgan fingerprint density at radius 3 is 2.62 bits per heavy atom. The van der Waals surface area contributed by atoms with Crippen LogP contribution in [0.3, 0.4) is 0 Å². The van der Waals surface area contributed by atoms with Gasteiger partial charge in [0.25, 0.3) is 5.91 Å². The summed E-state index contributed by atoms with van der Waals surface area (Å²) in [6.07, 6.45) is 1.46. The quantitative estimate of drug-likeness (QED) is 0.509. The SMILES string of the molecule is O=C1NC[C@H](c2ccccc2)[C@H]1C(=O)N/N=C\c1ccccc1Cl. The molecule has 2 aromatic carbocycles. The Bertz CT molecular complexity index is 777. The van der Waals surface area contributed by atoms with Crippen molar-refractivity contribution < 1.29 is 9.59 Å². The second-order valence-corrected chi connectivity index (χ2v) is 5.90. The normalized spacial score (nSPS) is 20.1. The van der Waals surface area contributed by atoms with Gasteiger partial charge in [-0.05, 0) is 11.6 Å². The molecule has 2 amide bonds. The van der Waals surface area contributed by atoms with E-state index < -0.39 is 11.8 Å². The fourth-order valence-electron chi connectivity index (χ4n) is 2.75. The van der Waals surface area contributed by atoms with Crippen LogP contribution in [0.4, 0.5) is 0 Å². The fraction of sp³-hybridized carbons (Fsp3) is 0.167. The summed E-state index contributed by atoms with van der Waals surface area (Å²) >= 11 is 6.02. The number of hydrogen-bond donors (Lipinski definition) is 2. The van der Waals surface area contributed by atoms with Crippen molar-refractivity contribution in [3.8, 4) is 0 Å². The molecule has 2 aromatic rings. The van der Waals surface area contributed by atoms with Crippen molar-refractivity contribution in [2.24, 2.45) is 11.0 Å². The second kappa shape index (κ2) is 7.27. The number of carbonyl (C=O) groups is 2. The van der Waals surface area contributed by atoms with Crippen molar-refractivity contribution in [2.75, 3.05) is 6.54 Å². The molecule has 3 rings (SSSR count). The highest BCUT2D eigenvalue weighted by Gasteiger charge is 2.40. The summed E-state index contributed by atoms with van der Waals surface area (Å²) in [5.41, 5.74) is 4.08. The van der Waals surface area contributed by atoms with E-state index >= 15 is 0 Å². The molecule has 1 aliphatic rings. The minimum absolute atomic E-state index is 0.200. The Balaban J connectivity index is 1.71. The third-order valence-electron chi connectivity index (χ3n) is 3.97. The third-order valence-corrected chi connectivity index (χ3v) is 4.32. The van der Waals surface area contributed by atoms with Gasteiger partial charge in [-0.1, -0.05) is 60.1 Å². The Kier molecular flexibility index (Phi) is 4.91. The molecule has 0 radical (unpaired) electrons. The van der Waals surface area contributed by atoms with Crippen LogP contribution in [-0.4, -0.2) is 24.6 Å². The van der Waals surface area contributed by atoms with E-state index in [0.717, 1.165) is 5.56 Å². The van der Waals surface area contributed by atoms with Crippen molar-refractivity contribution in [3.63, 3.8) is 0 Å². The van der Waals surface area contributed by atoms with E-state index in [1.807, 2.05) is 42.5 Å². The van der Waals surface area contributed by atoms with E-state index in [1.165, 1.54) is 6.21 Å². The van der Waals surface area contributed by atoms with E-state index in [2.05, 4.69) is 15.8 Å². The number of carbonyl (C=O) groups excluding carboxylic acids is 2. The number of rotatable bonds is 4. The lowest BCUT2D eigenvalue weighted by Crippen LogP contribution is -2.34. The van der Waals surface area contributed by atoms with E-state index in [9.17, 15) is 9.59 Å². The first-order chi connectivity index (χ1) is 11.7. The summed E-state index contributed by atoms with van der Waals surface area (Å²) in [4.78, 5) is 24.4. The summed E-state index contributed by atoms with van der Waals surface area (Å²) < 4.78 is 0.